The van der Waals surface area contributed by atoms with Crippen molar-refractivity contribution in [1.29, 1.82) is 0 Å². The Morgan fingerprint density at radius 1 is 1.14 bits per heavy atom. The van der Waals surface area contributed by atoms with Gasteiger partial charge < -0.3 is 0 Å². The van der Waals surface area contributed by atoms with Crippen molar-refractivity contribution in [1.82, 2.24) is 0 Å². The second-order valence-electron chi connectivity index (χ2n) is 2.56. The van der Waals surface area contributed by atoms with E-state index in [1.807, 2.05) is 0 Å². The fourth-order valence-electron chi connectivity index (χ4n) is 0.943. The summed E-state index contributed by atoms with van der Waals surface area (Å²) in [4.78, 5) is 0. The van der Waals surface area contributed by atoms with Crippen LogP contribution in [0.5, 0.6) is 0 Å². The molecule has 1 rings (SSSR count). The molecule has 0 radical (unpaired) electrons. The van der Waals surface area contributed by atoms with E-state index in [-0.39, 0.29) is 10.0 Å². The zero-order valence-corrected chi connectivity index (χ0v) is 8.34. The van der Waals surface area contributed by atoms with Crippen molar-refractivity contribution >= 4 is 29.3 Å². The van der Waals surface area contributed by atoms with E-state index in [4.69, 9.17) is 23.2 Å². The van der Waals surface area contributed by atoms with E-state index in [2.05, 4.69) is 6.58 Å². The topological polar surface area (TPSA) is 0 Å². The summed E-state index contributed by atoms with van der Waals surface area (Å²) in [7, 11) is 0. The third-order valence-electron chi connectivity index (χ3n) is 1.61. The van der Waals surface area contributed by atoms with Crippen LogP contribution in [0, 0.1) is 0 Å². The van der Waals surface area contributed by atoms with Gasteiger partial charge in [0.05, 0.1) is 5.56 Å². The first-order valence-electron chi connectivity index (χ1n) is 3.55. The Balaban J connectivity index is 3.35. The molecule has 0 fully saturated rings. The van der Waals surface area contributed by atoms with E-state index < -0.39 is 11.7 Å². The average molecular weight is 241 g/mol. The van der Waals surface area contributed by atoms with Crippen LogP contribution in [0.1, 0.15) is 11.1 Å². The molecule has 0 saturated carbocycles. The molecular weight excluding hydrogens is 236 g/mol. The Hall–Kier alpha value is -0.670. The Morgan fingerprint density at radius 2 is 1.57 bits per heavy atom. The fraction of sp³-hybridized carbons (Fsp3) is 0.111. The van der Waals surface area contributed by atoms with Gasteiger partial charge in [0.1, 0.15) is 0 Å². The highest BCUT2D eigenvalue weighted by atomic mass is 35.5. The smallest absolute Gasteiger partial charge is 0.166 e. The van der Waals surface area contributed by atoms with Gasteiger partial charge in [-0.2, -0.15) is 13.2 Å². The van der Waals surface area contributed by atoms with Gasteiger partial charge >= 0.3 is 6.18 Å². The fourth-order valence-corrected chi connectivity index (χ4v) is 1.58. The Bertz CT molecular complexity index is 346. The van der Waals surface area contributed by atoms with Gasteiger partial charge in [-0.1, -0.05) is 35.9 Å². The van der Waals surface area contributed by atoms with Crippen molar-refractivity contribution in [3.63, 3.8) is 0 Å². The molecule has 5 heteroatoms. The Morgan fingerprint density at radius 3 is 1.86 bits per heavy atom. The summed E-state index contributed by atoms with van der Waals surface area (Å²) in [5.41, 5.74) is -0.556. The van der Waals surface area contributed by atoms with Crippen molar-refractivity contribution in [2.24, 2.45) is 0 Å². The van der Waals surface area contributed by atoms with Gasteiger partial charge in [0.25, 0.3) is 0 Å². The molecular formula is C9H5Cl2F3. The highest BCUT2D eigenvalue weighted by Gasteiger charge is 2.31. The van der Waals surface area contributed by atoms with Crippen LogP contribution in [0.4, 0.5) is 13.2 Å². The molecule has 0 aliphatic carbocycles. The molecule has 0 aliphatic heterocycles. The normalized spacial score (nSPS) is 11.5. The number of benzene rings is 1. The van der Waals surface area contributed by atoms with Crippen LogP contribution < -0.4 is 0 Å². The third kappa shape index (κ3) is 2.22. The Kier molecular flexibility index (Phi) is 3.12. The number of hydrogen-bond acceptors (Lipinski definition) is 0. The first kappa shape index (κ1) is 11.4. The lowest BCUT2D eigenvalue weighted by molar-refractivity contribution is -0.137. The first-order valence-corrected chi connectivity index (χ1v) is 4.30. The summed E-state index contributed by atoms with van der Waals surface area (Å²) in [6, 6.07) is 1.65. The van der Waals surface area contributed by atoms with Crippen molar-refractivity contribution in [2.75, 3.05) is 0 Å². The van der Waals surface area contributed by atoms with Gasteiger partial charge in [-0.05, 0) is 12.1 Å². The zero-order chi connectivity index (χ0) is 10.9. The SMILES string of the molecule is C=Cc1c(Cl)cc(C(F)(F)F)cc1Cl. The number of rotatable bonds is 1. The standard InChI is InChI=1S/C9H5Cl2F3/c1-2-6-7(10)3-5(4-8(6)11)9(12,13)14/h2-4H,1H2. The maximum Gasteiger partial charge on any atom is 0.416 e. The lowest BCUT2D eigenvalue weighted by Crippen LogP contribution is -2.05. The highest BCUT2D eigenvalue weighted by molar-refractivity contribution is 6.37. The van der Waals surface area contributed by atoms with Crippen LogP contribution in [0.25, 0.3) is 6.08 Å². The van der Waals surface area contributed by atoms with E-state index in [1.54, 1.807) is 0 Å². The van der Waals surface area contributed by atoms with Gasteiger partial charge in [0.15, 0.2) is 0 Å². The molecule has 1 aromatic rings. The van der Waals surface area contributed by atoms with E-state index in [0.717, 1.165) is 12.1 Å². The third-order valence-corrected chi connectivity index (χ3v) is 2.24. The van der Waals surface area contributed by atoms with Crippen molar-refractivity contribution in [3.05, 3.63) is 39.9 Å². The van der Waals surface area contributed by atoms with Crippen LogP contribution in [-0.2, 0) is 6.18 Å². The summed E-state index contributed by atoms with van der Waals surface area (Å²) in [5, 5.41) is -0.111. The molecule has 14 heavy (non-hydrogen) atoms. The van der Waals surface area contributed by atoms with Gasteiger partial charge in [0, 0.05) is 15.6 Å². The molecule has 0 heterocycles. The monoisotopic (exact) mass is 240 g/mol. The van der Waals surface area contributed by atoms with Crippen LogP contribution in [-0.4, -0.2) is 0 Å². The maximum absolute atomic E-state index is 12.2. The predicted molar refractivity (Wildman–Crippen MR) is 51.6 cm³/mol. The molecule has 0 aromatic heterocycles. The van der Waals surface area contributed by atoms with Crippen molar-refractivity contribution in [3.8, 4) is 0 Å². The van der Waals surface area contributed by atoms with Gasteiger partial charge in [-0.3, -0.25) is 0 Å². The van der Waals surface area contributed by atoms with Gasteiger partial charge in [-0.25, -0.2) is 0 Å². The molecule has 0 amide bonds. The lowest BCUT2D eigenvalue weighted by atomic mass is 10.1. The van der Waals surface area contributed by atoms with Gasteiger partial charge in [-0.15, -0.1) is 0 Å². The quantitative estimate of drug-likeness (QED) is 0.670. The summed E-state index contributed by atoms with van der Waals surface area (Å²) in [5.74, 6) is 0. The van der Waals surface area contributed by atoms with E-state index in [0.29, 0.717) is 5.56 Å². The maximum atomic E-state index is 12.2. The average Bonchev–Trinajstić information content (AvgIpc) is 2.01. The summed E-state index contributed by atoms with van der Waals surface area (Å²) >= 11 is 11.2. The summed E-state index contributed by atoms with van der Waals surface area (Å²) in [6.07, 6.45) is -3.13. The lowest BCUT2D eigenvalue weighted by Gasteiger charge is -2.09. The molecule has 0 N–H and O–H groups in total. The minimum atomic E-state index is -4.44. The minimum absolute atomic E-state index is 0.0557. The Labute approximate surface area is 88.9 Å². The molecule has 0 saturated heterocycles. The molecule has 0 bridgehead atoms. The molecule has 0 atom stereocenters. The van der Waals surface area contributed by atoms with Crippen LogP contribution in [0.2, 0.25) is 10.0 Å². The number of alkyl halides is 3. The van der Waals surface area contributed by atoms with E-state index >= 15 is 0 Å². The molecule has 76 valence electrons. The van der Waals surface area contributed by atoms with Crippen LogP contribution in [0.15, 0.2) is 18.7 Å². The number of halogens is 5. The van der Waals surface area contributed by atoms with Crippen molar-refractivity contribution in [2.45, 2.75) is 6.18 Å². The summed E-state index contributed by atoms with van der Waals surface area (Å²) < 4.78 is 36.7. The molecule has 0 nitrogen and oxygen atoms in total. The second-order valence-corrected chi connectivity index (χ2v) is 3.37. The van der Waals surface area contributed by atoms with Crippen LogP contribution >= 0.6 is 23.2 Å². The molecule has 0 unspecified atom stereocenters. The van der Waals surface area contributed by atoms with Gasteiger partial charge in [0.2, 0.25) is 0 Å². The first-order chi connectivity index (χ1) is 6.36. The predicted octanol–water partition coefficient (Wildman–Crippen LogP) is 4.66. The van der Waals surface area contributed by atoms with E-state index in [1.165, 1.54) is 6.08 Å². The largest absolute Gasteiger partial charge is 0.416 e. The summed E-state index contributed by atoms with van der Waals surface area (Å²) in [6.45, 7) is 3.39. The van der Waals surface area contributed by atoms with E-state index in [9.17, 15) is 13.2 Å². The molecule has 1 aromatic carbocycles. The number of hydrogen-bond donors (Lipinski definition) is 0. The molecule has 0 aliphatic rings. The highest BCUT2D eigenvalue weighted by Crippen LogP contribution is 2.35. The minimum Gasteiger partial charge on any atom is -0.166 e. The zero-order valence-electron chi connectivity index (χ0n) is 6.83. The van der Waals surface area contributed by atoms with Crippen molar-refractivity contribution < 1.29 is 13.2 Å². The second kappa shape index (κ2) is 3.83. The molecule has 0 spiro atoms. The van der Waals surface area contributed by atoms with Crippen LogP contribution in [0.3, 0.4) is 0 Å².